The summed E-state index contributed by atoms with van der Waals surface area (Å²) in [5.74, 6) is 0. The summed E-state index contributed by atoms with van der Waals surface area (Å²) < 4.78 is 4.02. The van der Waals surface area contributed by atoms with E-state index in [0.29, 0.717) is 11.4 Å². The lowest BCUT2D eigenvalue weighted by Gasteiger charge is -2.01. The molecule has 1 aromatic heterocycles. The number of nitrogens with zero attached hydrogens (tertiary/aromatic N) is 1. The topological polar surface area (TPSA) is 64.9 Å². The zero-order chi connectivity index (χ0) is 9.26. The first-order valence-corrected chi connectivity index (χ1v) is 4.66. The van der Waals surface area contributed by atoms with Gasteiger partial charge in [0.2, 0.25) is 0 Å². The highest BCUT2D eigenvalue weighted by Gasteiger charge is 2.00. The fraction of sp³-hybridized carbons (Fsp3) is 0. The Labute approximate surface area is 80.2 Å². The lowest BCUT2D eigenvalue weighted by molar-refractivity contribution is 1.56. The van der Waals surface area contributed by atoms with Gasteiger partial charge in [-0.2, -0.15) is 0 Å². The SMILES string of the molecule is Nc1ccc(-c2cnsc2)cc1N. The van der Waals surface area contributed by atoms with Crippen LogP contribution in [0, 0.1) is 0 Å². The standard InChI is InChI=1S/C9H9N3S/c10-8-2-1-6(3-9(8)11)7-4-12-13-5-7/h1-5H,10-11H2. The summed E-state index contributed by atoms with van der Waals surface area (Å²) in [4.78, 5) is 0. The number of benzene rings is 1. The van der Waals surface area contributed by atoms with Gasteiger partial charge in [-0.05, 0) is 29.2 Å². The summed E-state index contributed by atoms with van der Waals surface area (Å²) in [6.07, 6.45) is 1.82. The molecule has 13 heavy (non-hydrogen) atoms. The third kappa shape index (κ3) is 1.48. The fourth-order valence-electron chi connectivity index (χ4n) is 1.10. The van der Waals surface area contributed by atoms with Crippen LogP contribution < -0.4 is 11.5 Å². The molecule has 0 unspecified atom stereocenters. The minimum absolute atomic E-state index is 0.615. The van der Waals surface area contributed by atoms with Gasteiger partial charge in [0.1, 0.15) is 0 Å². The molecule has 1 heterocycles. The van der Waals surface area contributed by atoms with Crippen LogP contribution in [-0.4, -0.2) is 4.37 Å². The van der Waals surface area contributed by atoms with E-state index >= 15 is 0 Å². The van der Waals surface area contributed by atoms with E-state index in [9.17, 15) is 0 Å². The van der Waals surface area contributed by atoms with Gasteiger partial charge in [-0.1, -0.05) is 6.07 Å². The van der Waals surface area contributed by atoms with Crippen molar-refractivity contribution in [1.29, 1.82) is 0 Å². The average molecular weight is 191 g/mol. The van der Waals surface area contributed by atoms with Gasteiger partial charge < -0.3 is 11.5 Å². The van der Waals surface area contributed by atoms with E-state index < -0.39 is 0 Å². The second-order valence-corrected chi connectivity index (χ2v) is 3.41. The number of nitrogens with two attached hydrogens (primary N) is 2. The van der Waals surface area contributed by atoms with Crippen molar-refractivity contribution < 1.29 is 0 Å². The largest absolute Gasteiger partial charge is 0.397 e. The average Bonchev–Trinajstić information content (AvgIpc) is 2.62. The minimum atomic E-state index is 0.615. The first kappa shape index (κ1) is 8.07. The van der Waals surface area contributed by atoms with Crippen LogP contribution in [0.25, 0.3) is 11.1 Å². The van der Waals surface area contributed by atoms with Crippen LogP contribution in [0.2, 0.25) is 0 Å². The van der Waals surface area contributed by atoms with Crippen molar-refractivity contribution in [1.82, 2.24) is 4.37 Å². The van der Waals surface area contributed by atoms with Gasteiger partial charge in [0, 0.05) is 17.1 Å². The zero-order valence-electron chi connectivity index (χ0n) is 6.90. The van der Waals surface area contributed by atoms with Crippen LogP contribution in [0.3, 0.4) is 0 Å². The van der Waals surface area contributed by atoms with Gasteiger partial charge >= 0.3 is 0 Å². The number of anilines is 2. The molecule has 4 N–H and O–H groups in total. The lowest BCUT2D eigenvalue weighted by Crippen LogP contribution is -1.93. The molecule has 0 atom stereocenters. The Balaban J connectivity index is 2.49. The van der Waals surface area contributed by atoms with Gasteiger partial charge in [-0.3, -0.25) is 0 Å². The van der Waals surface area contributed by atoms with Crippen molar-refractivity contribution in [2.45, 2.75) is 0 Å². The quantitative estimate of drug-likeness (QED) is 0.677. The van der Waals surface area contributed by atoms with Crippen LogP contribution in [-0.2, 0) is 0 Å². The Morgan fingerprint density at radius 1 is 1.08 bits per heavy atom. The summed E-state index contributed by atoms with van der Waals surface area (Å²) in [6, 6.07) is 5.61. The molecule has 0 aliphatic carbocycles. The van der Waals surface area contributed by atoms with Crippen molar-refractivity contribution in [3.63, 3.8) is 0 Å². The van der Waals surface area contributed by atoms with Crippen LogP contribution in [0.5, 0.6) is 0 Å². The summed E-state index contributed by atoms with van der Waals surface area (Å²) in [5.41, 5.74) is 14.7. The van der Waals surface area contributed by atoms with Crippen molar-refractivity contribution in [2.75, 3.05) is 11.5 Å². The van der Waals surface area contributed by atoms with Crippen molar-refractivity contribution >= 4 is 22.9 Å². The second kappa shape index (κ2) is 3.06. The van der Waals surface area contributed by atoms with Crippen LogP contribution in [0.15, 0.2) is 29.8 Å². The summed E-state index contributed by atoms with van der Waals surface area (Å²) in [5, 5.41) is 1.98. The highest BCUT2D eigenvalue weighted by Crippen LogP contribution is 2.25. The molecule has 3 nitrogen and oxygen atoms in total. The highest BCUT2D eigenvalue weighted by atomic mass is 32.1. The third-order valence-corrected chi connectivity index (χ3v) is 2.44. The Bertz CT molecular complexity index is 409. The molecule has 0 saturated carbocycles. The fourth-order valence-corrected chi connectivity index (χ4v) is 1.65. The Morgan fingerprint density at radius 3 is 2.54 bits per heavy atom. The maximum atomic E-state index is 5.68. The molecule has 0 saturated heterocycles. The lowest BCUT2D eigenvalue weighted by atomic mass is 10.1. The Morgan fingerprint density at radius 2 is 1.92 bits per heavy atom. The molecule has 2 rings (SSSR count). The van der Waals surface area contributed by atoms with E-state index in [1.807, 2.05) is 29.8 Å². The molecule has 0 amide bonds. The summed E-state index contributed by atoms with van der Waals surface area (Å²) in [7, 11) is 0. The smallest absolute Gasteiger partial charge is 0.0554 e. The molecule has 0 spiro atoms. The second-order valence-electron chi connectivity index (χ2n) is 2.76. The van der Waals surface area contributed by atoms with E-state index in [1.54, 1.807) is 0 Å². The van der Waals surface area contributed by atoms with Crippen LogP contribution in [0.4, 0.5) is 11.4 Å². The van der Waals surface area contributed by atoms with E-state index in [-0.39, 0.29) is 0 Å². The summed E-state index contributed by atoms with van der Waals surface area (Å²) >= 11 is 1.42. The van der Waals surface area contributed by atoms with Crippen molar-refractivity contribution in [2.24, 2.45) is 0 Å². The van der Waals surface area contributed by atoms with Crippen LogP contribution >= 0.6 is 11.5 Å². The highest BCUT2D eigenvalue weighted by molar-refractivity contribution is 7.03. The minimum Gasteiger partial charge on any atom is -0.397 e. The molecule has 0 bridgehead atoms. The molecule has 0 fully saturated rings. The van der Waals surface area contributed by atoms with Gasteiger partial charge in [-0.15, -0.1) is 0 Å². The zero-order valence-corrected chi connectivity index (χ0v) is 7.71. The molecule has 0 aliphatic heterocycles. The monoisotopic (exact) mass is 191 g/mol. The number of rotatable bonds is 1. The van der Waals surface area contributed by atoms with Gasteiger partial charge in [0.15, 0.2) is 0 Å². The van der Waals surface area contributed by atoms with E-state index in [4.69, 9.17) is 11.5 Å². The van der Waals surface area contributed by atoms with Crippen molar-refractivity contribution in [3.05, 3.63) is 29.8 Å². The predicted octanol–water partition coefficient (Wildman–Crippen LogP) is 1.97. The normalized spacial score (nSPS) is 10.2. The Hall–Kier alpha value is -1.55. The molecule has 66 valence electrons. The molecule has 0 aliphatic rings. The molecule has 2 aromatic rings. The molecular weight excluding hydrogens is 182 g/mol. The van der Waals surface area contributed by atoms with Gasteiger partial charge in [0.05, 0.1) is 11.4 Å². The summed E-state index contributed by atoms with van der Waals surface area (Å²) in [6.45, 7) is 0. The van der Waals surface area contributed by atoms with Gasteiger partial charge in [0.25, 0.3) is 0 Å². The Kier molecular flexibility index (Phi) is 1.90. The predicted molar refractivity (Wildman–Crippen MR) is 56.4 cm³/mol. The third-order valence-electron chi connectivity index (χ3n) is 1.85. The van der Waals surface area contributed by atoms with E-state index in [0.717, 1.165) is 11.1 Å². The van der Waals surface area contributed by atoms with Gasteiger partial charge in [-0.25, -0.2) is 4.37 Å². The molecule has 1 aromatic carbocycles. The number of aromatic nitrogens is 1. The van der Waals surface area contributed by atoms with E-state index in [2.05, 4.69) is 4.37 Å². The van der Waals surface area contributed by atoms with Crippen molar-refractivity contribution in [3.8, 4) is 11.1 Å². The number of hydrogen-bond donors (Lipinski definition) is 2. The molecular formula is C9H9N3S. The number of nitrogen functional groups attached to an aromatic ring is 2. The molecule has 0 radical (unpaired) electrons. The van der Waals surface area contributed by atoms with E-state index in [1.165, 1.54) is 11.5 Å². The molecule has 4 heteroatoms. The number of hydrogen-bond acceptors (Lipinski definition) is 4. The maximum absolute atomic E-state index is 5.68. The first-order valence-electron chi connectivity index (χ1n) is 3.82. The maximum Gasteiger partial charge on any atom is 0.0554 e. The first-order chi connectivity index (χ1) is 6.27. The van der Waals surface area contributed by atoms with Crippen LogP contribution in [0.1, 0.15) is 0 Å².